The average molecular weight is 224 g/mol. The molecule has 0 amide bonds. The fourth-order valence-corrected chi connectivity index (χ4v) is 1.87. The summed E-state index contributed by atoms with van der Waals surface area (Å²) in [5, 5.41) is 17.1. The van der Waals surface area contributed by atoms with Gasteiger partial charge in [0.15, 0.2) is 6.10 Å². The molecule has 7 nitrogen and oxygen atoms in total. The molecule has 0 aromatic heterocycles. The molecule has 1 atom stereocenters. The summed E-state index contributed by atoms with van der Waals surface area (Å²) in [4.78, 5) is 10.1. The van der Waals surface area contributed by atoms with Crippen molar-refractivity contribution in [2.45, 2.75) is 25.0 Å². The molecule has 0 radical (unpaired) electrons. The van der Waals surface area contributed by atoms with E-state index in [0.29, 0.717) is 0 Å². The molecule has 1 aliphatic carbocycles. The first-order valence-electron chi connectivity index (χ1n) is 4.08. The third-order valence-electron chi connectivity index (χ3n) is 1.65. The second-order valence-corrected chi connectivity index (χ2v) is 4.63. The van der Waals surface area contributed by atoms with E-state index in [4.69, 9.17) is 10.2 Å². The van der Waals surface area contributed by atoms with Crippen molar-refractivity contribution in [2.24, 2.45) is 0 Å². The summed E-state index contributed by atoms with van der Waals surface area (Å²) in [6.45, 7) is -0.530. The number of hydrogen-bond acceptors (Lipinski definition) is 4. The largest absolute Gasteiger partial charge is 0.479 e. The van der Waals surface area contributed by atoms with Gasteiger partial charge < -0.3 is 10.2 Å². The van der Waals surface area contributed by atoms with Gasteiger partial charge in [-0.05, 0) is 12.8 Å². The summed E-state index contributed by atoms with van der Waals surface area (Å²) in [5.74, 6) is -1.46. The van der Waals surface area contributed by atoms with Crippen LogP contribution in [0.1, 0.15) is 12.8 Å². The van der Waals surface area contributed by atoms with Gasteiger partial charge in [0.2, 0.25) is 0 Å². The van der Waals surface area contributed by atoms with E-state index < -0.39 is 28.8 Å². The number of carbonyl (C=O) groups is 1. The minimum atomic E-state index is -3.67. The van der Waals surface area contributed by atoms with Crippen molar-refractivity contribution < 1.29 is 23.4 Å². The fraction of sp³-hybridized carbons (Fsp3) is 0.833. The first-order chi connectivity index (χ1) is 6.41. The van der Waals surface area contributed by atoms with E-state index in [0.717, 1.165) is 12.8 Å². The van der Waals surface area contributed by atoms with Crippen molar-refractivity contribution in [1.29, 1.82) is 0 Å². The molecule has 0 bridgehead atoms. The van der Waals surface area contributed by atoms with Gasteiger partial charge in [-0.3, -0.25) is 0 Å². The SMILES string of the molecule is O=C(O)[C@@H](O)CNS(=O)(=O)NC1CC1. The summed E-state index contributed by atoms with van der Waals surface area (Å²) in [6.07, 6.45) is -0.129. The van der Waals surface area contributed by atoms with Gasteiger partial charge in [0.1, 0.15) is 0 Å². The normalized spacial score (nSPS) is 19.2. The summed E-state index contributed by atoms with van der Waals surface area (Å²) in [6, 6.07) is -0.0468. The number of nitrogens with one attached hydrogen (secondary N) is 2. The minimum absolute atomic E-state index is 0.0468. The Hall–Kier alpha value is -0.700. The highest BCUT2D eigenvalue weighted by atomic mass is 32.2. The molecule has 0 aliphatic heterocycles. The van der Waals surface area contributed by atoms with Gasteiger partial charge in [-0.15, -0.1) is 0 Å². The van der Waals surface area contributed by atoms with Crippen LogP contribution in [0.2, 0.25) is 0 Å². The van der Waals surface area contributed by atoms with Crippen LogP contribution in [0.5, 0.6) is 0 Å². The Morgan fingerprint density at radius 1 is 1.50 bits per heavy atom. The van der Waals surface area contributed by atoms with E-state index in [9.17, 15) is 13.2 Å². The number of hydrogen-bond donors (Lipinski definition) is 4. The second-order valence-electron chi connectivity index (χ2n) is 3.10. The molecule has 14 heavy (non-hydrogen) atoms. The van der Waals surface area contributed by atoms with Crippen LogP contribution < -0.4 is 9.44 Å². The molecule has 4 N–H and O–H groups in total. The molecule has 0 spiro atoms. The van der Waals surface area contributed by atoms with E-state index in [-0.39, 0.29) is 6.04 Å². The van der Waals surface area contributed by atoms with Gasteiger partial charge in [0.05, 0.1) is 0 Å². The zero-order valence-electron chi connectivity index (χ0n) is 7.30. The number of carboxylic acid groups (broad SMARTS) is 1. The molecule has 1 saturated carbocycles. The van der Waals surface area contributed by atoms with Crippen molar-refractivity contribution in [2.75, 3.05) is 6.54 Å². The minimum Gasteiger partial charge on any atom is -0.479 e. The Balaban J connectivity index is 2.31. The molecule has 82 valence electrons. The van der Waals surface area contributed by atoms with E-state index in [1.807, 2.05) is 4.72 Å². The highest BCUT2D eigenvalue weighted by Crippen LogP contribution is 2.19. The predicted octanol–water partition coefficient (Wildman–Crippen LogP) is -1.98. The zero-order chi connectivity index (χ0) is 10.8. The highest BCUT2D eigenvalue weighted by Gasteiger charge is 2.27. The lowest BCUT2D eigenvalue weighted by atomic mass is 10.4. The summed E-state index contributed by atoms with van der Waals surface area (Å²) < 4.78 is 26.4. The Morgan fingerprint density at radius 3 is 2.50 bits per heavy atom. The van der Waals surface area contributed by atoms with E-state index in [1.54, 1.807) is 0 Å². The summed E-state index contributed by atoms with van der Waals surface area (Å²) in [5.41, 5.74) is 0. The standard InChI is InChI=1S/C6H12N2O5S/c9-5(6(10)11)3-7-14(12,13)8-4-1-2-4/h4-5,7-9H,1-3H2,(H,10,11)/t5-/m0/s1. The monoisotopic (exact) mass is 224 g/mol. The van der Waals surface area contributed by atoms with Crippen LogP contribution in [0.25, 0.3) is 0 Å². The average Bonchev–Trinajstić information content (AvgIpc) is 2.83. The smallest absolute Gasteiger partial charge is 0.333 e. The Bertz CT molecular complexity index is 310. The van der Waals surface area contributed by atoms with Gasteiger partial charge in [-0.1, -0.05) is 0 Å². The predicted molar refractivity (Wildman–Crippen MR) is 46.7 cm³/mol. The van der Waals surface area contributed by atoms with Crippen LogP contribution in [-0.2, 0) is 15.0 Å². The Kier molecular flexibility index (Phi) is 3.43. The molecule has 0 aromatic rings. The first-order valence-corrected chi connectivity index (χ1v) is 5.57. The lowest BCUT2D eigenvalue weighted by Gasteiger charge is -2.08. The number of aliphatic carboxylic acids is 1. The highest BCUT2D eigenvalue weighted by molar-refractivity contribution is 7.87. The van der Waals surface area contributed by atoms with E-state index in [2.05, 4.69) is 4.72 Å². The lowest BCUT2D eigenvalue weighted by molar-refractivity contribution is -0.146. The topological polar surface area (TPSA) is 116 Å². The van der Waals surface area contributed by atoms with Crippen molar-refractivity contribution in [3.63, 3.8) is 0 Å². The molecule has 1 aliphatic rings. The summed E-state index contributed by atoms with van der Waals surface area (Å²) in [7, 11) is -3.67. The molecule has 0 heterocycles. The van der Waals surface area contributed by atoms with Crippen molar-refractivity contribution >= 4 is 16.2 Å². The molecular weight excluding hydrogens is 212 g/mol. The Morgan fingerprint density at radius 2 is 2.07 bits per heavy atom. The molecule has 1 fully saturated rings. The van der Waals surface area contributed by atoms with Crippen molar-refractivity contribution in [3.8, 4) is 0 Å². The van der Waals surface area contributed by atoms with Crippen LogP contribution >= 0.6 is 0 Å². The number of aliphatic hydroxyl groups excluding tert-OH is 1. The molecule has 0 saturated heterocycles. The van der Waals surface area contributed by atoms with Gasteiger partial charge >= 0.3 is 5.97 Å². The molecule has 0 aromatic carbocycles. The van der Waals surface area contributed by atoms with Crippen LogP contribution in [0.15, 0.2) is 0 Å². The second kappa shape index (κ2) is 4.22. The van der Waals surface area contributed by atoms with Crippen molar-refractivity contribution in [3.05, 3.63) is 0 Å². The maximum atomic E-state index is 11.1. The fourth-order valence-electron chi connectivity index (χ4n) is 0.738. The number of rotatable bonds is 6. The van der Waals surface area contributed by atoms with Crippen LogP contribution in [-0.4, -0.2) is 43.3 Å². The molecule has 0 unspecified atom stereocenters. The first kappa shape index (κ1) is 11.4. The van der Waals surface area contributed by atoms with Crippen LogP contribution in [0.4, 0.5) is 0 Å². The summed E-state index contributed by atoms with van der Waals surface area (Å²) >= 11 is 0. The third-order valence-corrected chi connectivity index (χ3v) is 2.84. The number of carboxylic acids is 1. The maximum Gasteiger partial charge on any atom is 0.333 e. The Labute approximate surface area is 81.3 Å². The van der Waals surface area contributed by atoms with Crippen molar-refractivity contribution in [1.82, 2.24) is 9.44 Å². The van der Waals surface area contributed by atoms with Gasteiger partial charge in [0, 0.05) is 12.6 Å². The zero-order valence-corrected chi connectivity index (χ0v) is 8.12. The van der Waals surface area contributed by atoms with Crippen LogP contribution in [0.3, 0.4) is 0 Å². The molecule has 8 heteroatoms. The molecular formula is C6H12N2O5S. The van der Waals surface area contributed by atoms with E-state index in [1.165, 1.54) is 0 Å². The van der Waals surface area contributed by atoms with E-state index >= 15 is 0 Å². The van der Waals surface area contributed by atoms with Gasteiger partial charge in [0.25, 0.3) is 10.2 Å². The lowest BCUT2D eigenvalue weighted by Crippen LogP contribution is -2.43. The van der Waals surface area contributed by atoms with Gasteiger partial charge in [-0.25, -0.2) is 4.79 Å². The third kappa shape index (κ3) is 4.01. The van der Waals surface area contributed by atoms with Gasteiger partial charge in [-0.2, -0.15) is 17.9 Å². The maximum absolute atomic E-state index is 11.1. The number of aliphatic hydroxyl groups is 1. The van der Waals surface area contributed by atoms with Crippen LogP contribution in [0, 0.1) is 0 Å². The quantitative estimate of drug-likeness (QED) is 0.417. The molecule has 1 rings (SSSR count).